The number of benzene rings is 1. The van der Waals surface area contributed by atoms with Gasteiger partial charge in [0.2, 0.25) is 0 Å². The van der Waals surface area contributed by atoms with E-state index < -0.39 is 0 Å². The Morgan fingerprint density at radius 3 is 2.71 bits per heavy atom. The lowest BCUT2D eigenvalue weighted by Crippen LogP contribution is -1.88. The van der Waals surface area contributed by atoms with E-state index in [4.69, 9.17) is 0 Å². The van der Waals surface area contributed by atoms with Crippen LogP contribution in [0.2, 0.25) is 0 Å². The fraction of sp³-hybridized carbons (Fsp3) is 0. The molecule has 0 saturated carbocycles. The highest BCUT2D eigenvalue weighted by atomic mass is 127. The molecule has 0 bridgehead atoms. The fourth-order valence-corrected chi connectivity index (χ4v) is 4.26. The van der Waals surface area contributed by atoms with Crippen LogP contribution in [0, 0.1) is 16.6 Å². The molecule has 0 aliphatic carbocycles. The molecule has 2 rings (SSSR count). The molecule has 1 aromatic heterocycles. The van der Waals surface area contributed by atoms with Crippen LogP contribution in [0.1, 0.15) is 0 Å². The zero-order valence-corrected chi connectivity index (χ0v) is 11.8. The van der Waals surface area contributed by atoms with Crippen molar-refractivity contribution < 1.29 is 4.92 Å². The molecule has 0 aliphatic rings. The molecule has 0 atom stereocenters. The largest absolute Gasteiger partial charge is 0.302 e. The Morgan fingerprint density at radius 1 is 1.36 bits per heavy atom. The number of thiophene rings is 1. The molecule has 0 spiro atoms. The van der Waals surface area contributed by atoms with Crippen molar-refractivity contribution in [3.05, 3.63) is 34.8 Å². The van der Waals surface area contributed by atoms with Crippen molar-refractivity contribution in [2.75, 3.05) is 0 Å². The second kappa shape index (κ2) is 3.89. The summed E-state index contributed by atoms with van der Waals surface area (Å²) in [7, 11) is 0. The van der Waals surface area contributed by atoms with Gasteiger partial charge in [0.25, 0.3) is 0 Å². The normalized spacial score (nSPS) is 10.7. The highest BCUT2D eigenvalue weighted by Crippen LogP contribution is 2.40. The number of rotatable bonds is 1. The second-order valence-corrected chi connectivity index (χ2v) is 6.62. The Labute approximate surface area is 111 Å². The number of fused-ring (bicyclic) bond motifs is 1. The number of nitro groups is 1. The summed E-state index contributed by atoms with van der Waals surface area (Å²) in [6.45, 7) is 0. The molecule has 0 aliphatic heterocycles. The lowest BCUT2D eigenvalue weighted by atomic mass is 10.2. The third-order valence-corrected chi connectivity index (χ3v) is 4.78. The number of nitrogens with zero attached hydrogens (tertiary/aromatic N) is 1. The molecule has 0 unspecified atom stereocenters. The molecule has 0 N–H and O–H groups in total. The molecule has 6 heteroatoms. The van der Waals surface area contributed by atoms with Gasteiger partial charge in [-0.1, -0.05) is 6.07 Å². The Balaban J connectivity index is 2.93. The molecular formula is C8H3I2NO2S. The molecule has 2 aromatic rings. The maximum Gasteiger partial charge on any atom is 0.302 e. The molecule has 1 heterocycles. The van der Waals surface area contributed by atoms with Crippen LogP contribution in [0.5, 0.6) is 0 Å². The number of halogens is 2. The fourth-order valence-electron chi connectivity index (χ4n) is 1.23. The molecule has 0 fully saturated rings. The SMILES string of the molecule is O=[N+]([O-])c1c(I)sc2cccc(I)c12. The van der Waals surface area contributed by atoms with Crippen LogP contribution in [-0.2, 0) is 0 Å². The quantitative estimate of drug-likeness (QED) is 0.389. The van der Waals surface area contributed by atoms with Crippen LogP contribution in [0.15, 0.2) is 18.2 Å². The van der Waals surface area contributed by atoms with E-state index in [9.17, 15) is 10.1 Å². The van der Waals surface area contributed by atoms with Crippen LogP contribution in [-0.4, -0.2) is 4.92 Å². The highest BCUT2D eigenvalue weighted by molar-refractivity contribution is 14.1. The Morgan fingerprint density at radius 2 is 2.07 bits per heavy atom. The average Bonchev–Trinajstić information content (AvgIpc) is 2.42. The number of hydrogen-bond acceptors (Lipinski definition) is 3. The third kappa shape index (κ3) is 1.63. The van der Waals surface area contributed by atoms with Gasteiger partial charge in [0.15, 0.2) is 0 Å². The van der Waals surface area contributed by atoms with Crippen molar-refractivity contribution >= 4 is 72.3 Å². The topological polar surface area (TPSA) is 43.1 Å². The summed E-state index contributed by atoms with van der Waals surface area (Å²) in [4.78, 5) is 10.6. The molecule has 1 aromatic carbocycles. The van der Waals surface area contributed by atoms with Gasteiger partial charge >= 0.3 is 5.69 Å². The first-order chi connectivity index (χ1) is 6.61. The Kier molecular flexibility index (Phi) is 2.93. The maximum absolute atomic E-state index is 10.9. The van der Waals surface area contributed by atoms with Crippen molar-refractivity contribution in [3.63, 3.8) is 0 Å². The number of hydrogen-bond donors (Lipinski definition) is 0. The zero-order valence-electron chi connectivity index (χ0n) is 6.66. The van der Waals surface area contributed by atoms with E-state index in [2.05, 4.69) is 22.6 Å². The highest BCUT2D eigenvalue weighted by Gasteiger charge is 2.22. The lowest BCUT2D eigenvalue weighted by Gasteiger charge is -1.93. The summed E-state index contributed by atoms with van der Waals surface area (Å²) in [6, 6.07) is 5.72. The van der Waals surface area contributed by atoms with Crippen molar-refractivity contribution in [1.29, 1.82) is 0 Å². The summed E-state index contributed by atoms with van der Waals surface area (Å²) < 4.78 is 2.66. The first-order valence-corrected chi connectivity index (χ1v) is 6.59. The minimum atomic E-state index is -0.303. The van der Waals surface area contributed by atoms with E-state index in [-0.39, 0.29) is 10.6 Å². The Hall–Kier alpha value is 0.0400. The van der Waals surface area contributed by atoms with Crippen molar-refractivity contribution in [1.82, 2.24) is 0 Å². The summed E-state index contributed by atoms with van der Waals surface area (Å²) in [6.07, 6.45) is 0. The van der Waals surface area contributed by atoms with Gasteiger partial charge < -0.3 is 0 Å². The third-order valence-electron chi connectivity index (χ3n) is 1.78. The summed E-state index contributed by atoms with van der Waals surface area (Å²) in [5.74, 6) is 0. The van der Waals surface area contributed by atoms with Gasteiger partial charge in [0.05, 0.1) is 10.3 Å². The van der Waals surface area contributed by atoms with Gasteiger partial charge in [-0.3, -0.25) is 10.1 Å². The second-order valence-electron chi connectivity index (χ2n) is 2.59. The van der Waals surface area contributed by atoms with Crippen LogP contribution in [0.4, 0.5) is 5.69 Å². The van der Waals surface area contributed by atoms with Gasteiger partial charge in [0.1, 0.15) is 2.88 Å². The summed E-state index contributed by atoms with van der Waals surface area (Å²) >= 11 is 5.61. The monoisotopic (exact) mass is 431 g/mol. The predicted octanol–water partition coefficient (Wildman–Crippen LogP) is 4.02. The van der Waals surface area contributed by atoms with E-state index in [1.807, 2.05) is 40.8 Å². The van der Waals surface area contributed by atoms with Crippen molar-refractivity contribution in [2.45, 2.75) is 0 Å². The molecule has 0 radical (unpaired) electrons. The zero-order chi connectivity index (χ0) is 10.3. The summed E-state index contributed by atoms with van der Waals surface area (Å²) in [5.41, 5.74) is 0.246. The smallest absolute Gasteiger partial charge is 0.258 e. The molecule has 0 amide bonds. The van der Waals surface area contributed by atoms with Crippen LogP contribution < -0.4 is 0 Å². The van der Waals surface area contributed by atoms with Gasteiger partial charge in [0, 0.05) is 8.27 Å². The molecule has 72 valence electrons. The van der Waals surface area contributed by atoms with E-state index in [1.165, 1.54) is 11.3 Å². The molecular weight excluding hydrogens is 428 g/mol. The van der Waals surface area contributed by atoms with Crippen LogP contribution >= 0.6 is 56.5 Å². The van der Waals surface area contributed by atoms with E-state index in [0.29, 0.717) is 0 Å². The lowest BCUT2D eigenvalue weighted by molar-refractivity contribution is -0.383. The molecule has 14 heavy (non-hydrogen) atoms. The van der Waals surface area contributed by atoms with Crippen LogP contribution in [0.3, 0.4) is 0 Å². The maximum atomic E-state index is 10.9. The van der Waals surface area contributed by atoms with Gasteiger partial charge in [-0.15, -0.1) is 11.3 Å². The standard InChI is InChI=1S/C8H3I2NO2S/c9-4-2-1-3-5-6(4)7(11(12)13)8(10)14-5/h1-3H. The first-order valence-electron chi connectivity index (χ1n) is 3.62. The van der Waals surface area contributed by atoms with Crippen molar-refractivity contribution in [2.24, 2.45) is 0 Å². The van der Waals surface area contributed by atoms with Gasteiger partial charge in [-0.05, 0) is 57.3 Å². The minimum Gasteiger partial charge on any atom is -0.258 e. The predicted molar refractivity (Wildman–Crippen MR) is 73.9 cm³/mol. The van der Waals surface area contributed by atoms with Crippen LogP contribution in [0.25, 0.3) is 10.1 Å². The molecule has 3 nitrogen and oxygen atoms in total. The molecule has 0 saturated heterocycles. The van der Waals surface area contributed by atoms with E-state index in [0.717, 1.165) is 16.5 Å². The van der Waals surface area contributed by atoms with E-state index in [1.54, 1.807) is 0 Å². The minimum absolute atomic E-state index is 0.246. The Bertz CT molecular complexity index is 523. The first kappa shape index (κ1) is 10.6. The van der Waals surface area contributed by atoms with Gasteiger partial charge in [-0.25, -0.2) is 0 Å². The average molecular weight is 431 g/mol. The van der Waals surface area contributed by atoms with Crippen molar-refractivity contribution in [3.8, 4) is 0 Å². The van der Waals surface area contributed by atoms with E-state index >= 15 is 0 Å². The van der Waals surface area contributed by atoms with Gasteiger partial charge in [-0.2, -0.15) is 0 Å². The summed E-state index contributed by atoms with van der Waals surface area (Å²) in [5, 5.41) is 11.6.